The first-order valence-corrected chi connectivity index (χ1v) is 12.5. The molecule has 1 unspecified atom stereocenters. The predicted octanol–water partition coefficient (Wildman–Crippen LogP) is 5.93. The number of rotatable bonds is 7. The van der Waals surface area contributed by atoms with Crippen molar-refractivity contribution >= 4 is 50.5 Å². The molecule has 0 radical (unpaired) electrons. The number of anilines is 1. The van der Waals surface area contributed by atoms with Crippen molar-refractivity contribution in [2.45, 2.75) is 32.2 Å². The molecule has 1 aliphatic heterocycles. The van der Waals surface area contributed by atoms with Crippen LogP contribution in [-0.4, -0.2) is 27.3 Å². The number of piperidine rings is 1. The zero-order valence-corrected chi connectivity index (χ0v) is 19.3. The van der Waals surface area contributed by atoms with Crippen LogP contribution in [0.25, 0.3) is 0 Å². The third-order valence-corrected chi connectivity index (χ3v) is 7.63. The molecule has 2 aromatic rings. The lowest BCUT2D eigenvalue weighted by Crippen LogP contribution is -2.39. The van der Waals surface area contributed by atoms with E-state index >= 15 is 0 Å². The fraction of sp³-hybridized carbons (Fsp3) is 0.429. The van der Waals surface area contributed by atoms with Crippen LogP contribution in [0.3, 0.4) is 0 Å². The van der Waals surface area contributed by atoms with Gasteiger partial charge in [-0.2, -0.15) is 0 Å². The van der Waals surface area contributed by atoms with Gasteiger partial charge in [0.1, 0.15) is 0 Å². The Hall–Kier alpha value is -0.980. The van der Waals surface area contributed by atoms with Gasteiger partial charge in [-0.05, 0) is 74.1 Å². The van der Waals surface area contributed by atoms with Crippen LogP contribution in [0.1, 0.15) is 37.8 Å². The van der Waals surface area contributed by atoms with Crippen molar-refractivity contribution < 1.29 is 8.42 Å². The molecule has 0 aliphatic carbocycles. The number of nitrogens with one attached hydrogen (secondary N) is 1. The van der Waals surface area contributed by atoms with Crippen molar-refractivity contribution in [3.05, 3.63) is 63.1 Å². The van der Waals surface area contributed by atoms with E-state index in [2.05, 4.69) is 9.62 Å². The summed E-state index contributed by atoms with van der Waals surface area (Å²) in [4.78, 5) is 2.34. The smallest absolute Gasteiger partial charge is 0.211 e. The van der Waals surface area contributed by atoms with E-state index in [1.165, 1.54) is 0 Å². The van der Waals surface area contributed by atoms with Crippen molar-refractivity contribution in [3.8, 4) is 0 Å². The normalized spacial score (nSPS) is 20.1. The summed E-state index contributed by atoms with van der Waals surface area (Å²) in [6, 6.07) is 13.6. The molecule has 1 aliphatic rings. The highest BCUT2D eigenvalue weighted by Gasteiger charge is 2.31. The Morgan fingerprint density at radius 2 is 1.72 bits per heavy atom. The summed E-state index contributed by atoms with van der Waals surface area (Å²) < 4.78 is 26.1. The maximum Gasteiger partial charge on any atom is 0.211 e. The molecule has 29 heavy (non-hydrogen) atoms. The summed E-state index contributed by atoms with van der Waals surface area (Å²) in [7, 11) is -3.16. The number of benzene rings is 2. The van der Waals surface area contributed by atoms with E-state index in [1.54, 1.807) is 13.0 Å². The van der Waals surface area contributed by atoms with Gasteiger partial charge in [0.25, 0.3) is 0 Å². The van der Waals surface area contributed by atoms with Gasteiger partial charge >= 0.3 is 0 Å². The summed E-state index contributed by atoms with van der Waals surface area (Å²) >= 11 is 18.7. The van der Waals surface area contributed by atoms with Crippen molar-refractivity contribution in [2.75, 3.05) is 23.7 Å². The fourth-order valence-electron chi connectivity index (χ4n) is 3.82. The van der Waals surface area contributed by atoms with Crippen LogP contribution in [0.4, 0.5) is 5.69 Å². The molecule has 2 atom stereocenters. The van der Waals surface area contributed by atoms with Crippen LogP contribution >= 0.6 is 34.8 Å². The second-order valence-corrected chi connectivity index (χ2v) is 10.7. The van der Waals surface area contributed by atoms with Crippen LogP contribution in [0.5, 0.6) is 0 Å². The van der Waals surface area contributed by atoms with Crippen LogP contribution in [0, 0.1) is 5.92 Å². The van der Waals surface area contributed by atoms with Gasteiger partial charge in [0.2, 0.25) is 10.0 Å². The first-order chi connectivity index (χ1) is 13.8. The SMILES string of the molecule is CCS(=O)(=O)NCC[C@@H]1CCC(c2ccc(Cl)cc2Cl)N(c2ccc(Cl)cc2)C1. The standard InChI is InChI=1S/C21H25Cl3N2O2S/c1-2-29(27,28)25-12-11-15-3-10-21(19-9-6-17(23)13-20(19)24)26(14-15)18-7-4-16(22)5-8-18/h4-9,13,15,21,25H,2-3,10-12,14H2,1H3/t15-,21?/m0/s1. The largest absolute Gasteiger partial charge is 0.364 e. The molecule has 3 rings (SSSR count). The third kappa shape index (κ3) is 6.02. The number of halogens is 3. The molecule has 1 saturated heterocycles. The molecule has 0 bridgehead atoms. The zero-order chi connectivity index (χ0) is 21.0. The van der Waals surface area contributed by atoms with E-state index in [9.17, 15) is 8.42 Å². The van der Waals surface area contributed by atoms with E-state index in [-0.39, 0.29) is 11.8 Å². The fourth-order valence-corrected chi connectivity index (χ4v) is 5.11. The maximum absolute atomic E-state index is 11.7. The summed E-state index contributed by atoms with van der Waals surface area (Å²) in [5, 5.41) is 1.97. The number of nitrogens with zero attached hydrogens (tertiary/aromatic N) is 1. The molecule has 8 heteroatoms. The Morgan fingerprint density at radius 1 is 1.03 bits per heavy atom. The van der Waals surface area contributed by atoms with Crippen LogP contribution < -0.4 is 9.62 Å². The molecule has 1 heterocycles. The average molecular weight is 476 g/mol. The molecule has 0 amide bonds. The van der Waals surface area contributed by atoms with E-state index in [4.69, 9.17) is 34.8 Å². The summed E-state index contributed by atoms with van der Waals surface area (Å²) in [6.07, 6.45) is 2.72. The Labute approximate surface area is 188 Å². The van der Waals surface area contributed by atoms with Gasteiger partial charge in [-0.15, -0.1) is 0 Å². The van der Waals surface area contributed by atoms with E-state index in [0.29, 0.717) is 27.5 Å². The second-order valence-electron chi connectivity index (χ2n) is 7.34. The van der Waals surface area contributed by atoms with Crippen molar-refractivity contribution in [2.24, 2.45) is 5.92 Å². The maximum atomic E-state index is 11.7. The number of hydrogen-bond acceptors (Lipinski definition) is 3. The highest BCUT2D eigenvalue weighted by molar-refractivity contribution is 7.89. The van der Waals surface area contributed by atoms with Gasteiger partial charge in [-0.3, -0.25) is 0 Å². The summed E-state index contributed by atoms with van der Waals surface area (Å²) in [5.41, 5.74) is 2.13. The molecule has 0 aromatic heterocycles. The van der Waals surface area contributed by atoms with Gasteiger partial charge in [-0.1, -0.05) is 40.9 Å². The topological polar surface area (TPSA) is 49.4 Å². The van der Waals surface area contributed by atoms with E-state index in [1.807, 2.05) is 36.4 Å². The molecule has 2 aromatic carbocycles. The number of sulfonamides is 1. The summed E-state index contributed by atoms with van der Waals surface area (Å²) in [5.74, 6) is 0.485. The predicted molar refractivity (Wildman–Crippen MR) is 123 cm³/mol. The minimum Gasteiger partial charge on any atom is -0.364 e. The Kier molecular flexibility index (Phi) is 7.74. The summed E-state index contributed by atoms with van der Waals surface area (Å²) in [6.45, 7) is 2.92. The lowest BCUT2D eigenvalue weighted by atomic mass is 9.86. The number of hydrogen-bond donors (Lipinski definition) is 1. The quantitative estimate of drug-likeness (QED) is 0.539. The van der Waals surface area contributed by atoms with E-state index < -0.39 is 10.0 Å². The first kappa shape index (κ1) is 22.7. The zero-order valence-electron chi connectivity index (χ0n) is 16.2. The highest BCUT2D eigenvalue weighted by Crippen LogP contribution is 2.41. The Morgan fingerprint density at radius 3 is 2.38 bits per heavy atom. The van der Waals surface area contributed by atoms with Crippen molar-refractivity contribution in [1.29, 1.82) is 0 Å². The molecule has 1 N–H and O–H groups in total. The average Bonchev–Trinajstić information content (AvgIpc) is 2.69. The molecule has 158 valence electrons. The highest BCUT2D eigenvalue weighted by atomic mass is 35.5. The molecule has 1 fully saturated rings. The van der Waals surface area contributed by atoms with E-state index in [0.717, 1.165) is 37.1 Å². The van der Waals surface area contributed by atoms with Crippen molar-refractivity contribution in [3.63, 3.8) is 0 Å². The third-order valence-electron chi connectivity index (χ3n) is 5.41. The monoisotopic (exact) mass is 474 g/mol. The van der Waals surface area contributed by atoms with Crippen LogP contribution in [0.2, 0.25) is 15.1 Å². The van der Waals surface area contributed by atoms with Gasteiger partial charge in [0.05, 0.1) is 11.8 Å². The van der Waals surface area contributed by atoms with Crippen LogP contribution in [0.15, 0.2) is 42.5 Å². The molecule has 0 spiro atoms. The molecular weight excluding hydrogens is 451 g/mol. The van der Waals surface area contributed by atoms with Gasteiger partial charge < -0.3 is 4.90 Å². The van der Waals surface area contributed by atoms with Crippen LogP contribution in [-0.2, 0) is 10.0 Å². The minimum absolute atomic E-state index is 0.103. The molecule has 0 saturated carbocycles. The lowest BCUT2D eigenvalue weighted by molar-refractivity contribution is 0.343. The van der Waals surface area contributed by atoms with Crippen molar-refractivity contribution in [1.82, 2.24) is 4.72 Å². The Bertz CT molecular complexity index is 935. The molecule has 4 nitrogen and oxygen atoms in total. The Balaban J connectivity index is 1.80. The minimum atomic E-state index is -3.16. The van der Waals surface area contributed by atoms with Gasteiger partial charge in [0.15, 0.2) is 0 Å². The molecular formula is C21H25Cl3N2O2S. The van der Waals surface area contributed by atoms with Gasteiger partial charge in [-0.25, -0.2) is 13.1 Å². The second kappa shape index (κ2) is 9.88. The lowest BCUT2D eigenvalue weighted by Gasteiger charge is -2.42. The van der Waals surface area contributed by atoms with Gasteiger partial charge in [0, 0.05) is 33.8 Å². The first-order valence-electron chi connectivity index (χ1n) is 9.73.